The van der Waals surface area contributed by atoms with Crippen molar-refractivity contribution >= 4 is 21.8 Å². The second-order valence-electron chi connectivity index (χ2n) is 6.76. The van der Waals surface area contributed by atoms with Crippen LogP contribution in [-0.4, -0.2) is 51.2 Å². The first-order valence-corrected chi connectivity index (χ1v) is 11.0. The van der Waals surface area contributed by atoms with E-state index >= 15 is 0 Å². The lowest BCUT2D eigenvalue weighted by atomic mass is 10.2. The maximum atomic E-state index is 12.4. The highest BCUT2D eigenvalue weighted by Crippen LogP contribution is 2.38. The summed E-state index contributed by atoms with van der Waals surface area (Å²) in [6.07, 6.45) is 6.28. The number of hydrogen-bond donors (Lipinski definition) is 1. The van der Waals surface area contributed by atoms with E-state index in [2.05, 4.69) is 40.8 Å². The van der Waals surface area contributed by atoms with Gasteiger partial charge < -0.3 is 24.7 Å². The Morgan fingerprint density at radius 3 is 2.34 bits per heavy atom. The molecule has 0 fully saturated rings. The molecule has 0 aliphatic carbocycles. The Morgan fingerprint density at radius 2 is 1.66 bits per heavy atom. The number of pyridine rings is 1. The summed E-state index contributed by atoms with van der Waals surface area (Å²) in [7, 11) is 1.50. The van der Waals surface area contributed by atoms with Crippen molar-refractivity contribution < 1.29 is 23.7 Å². The van der Waals surface area contributed by atoms with Gasteiger partial charge in [0.15, 0.2) is 23.0 Å². The fourth-order valence-electron chi connectivity index (χ4n) is 2.88. The van der Waals surface area contributed by atoms with E-state index in [1.165, 1.54) is 7.11 Å². The number of rotatable bonds is 10. The van der Waals surface area contributed by atoms with Gasteiger partial charge in [0.05, 0.1) is 11.6 Å². The number of carbonyl (C=O) groups excluding carboxylic acids is 1. The quantitative estimate of drug-likeness (QED) is 0.298. The molecule has 0 saturated heterocycles. The third-order valence-corrected chi connectivity index (χ3v) is 4.85. The van der Waals surface area contributed by atoms with Gasteiger partial charge in [-0.3, -0.25) is 9.78 Å². The summed E-state index contributed by atoms with van der Waals surface area (Å²) < 4.78 is 23.4. The number of primary amides is 1. The molecule has 1 aromatic carbocycles. The van der Waals surface area contributed by atoms with Crippen LogP contribution in [0.15, 0.2) is 65.7 Å². The molecule has 0 atom stereocenters. The second kappa shape index (κ2) is 11.2. The van der Waals surface area contributed by atoms with E-state index in [1.54, 1.807) is 61.2 Å². The van der Waals surface area contributed by atoms with Crippen molar-refractivity contribution in [3.8, 4) is 40.5 Å². The average Bonchev–Trinajstić information content (AvgIpc) is 2.89. The van der Waals surface area contributed by atoms with Gasteiger partial charge in [-0.2, -0.15) is 4.98 Å². The number of para-hydroxylation sites is 2. The molecule has 0 bridgehead atoms. The first kappa shape index (κ1) is 23.8. The number of ether oxygens (including phenoxy) is 4. The summed E-state index contributed by atoms with van der Waals surface area (Å²) in [5, 5.41) is 0. The highest BCUT2D eigenvalue weighted by Gasteiger charge is 2.24. The van der Waals surface area contributed by atoms with E-state index in [4.69, 9.17) is 24.7 Å². The Hall–Kier alpha value is -4.32. The Morgan fingerprint density at radius 1 is 0.971 bits per heavy atom. The van der Waals surface area contributed by atoms with E-state index in [-0.39, 0.29) is 42.4 Å². The molecule has 0 radical (unpaired) electrons. The summed E-state index contributed by atoms with van der Waals surface area (Å²) >= 11 is 3.26. The topological polar surface area (TPSA) is 144 Å². The van der Waals surface area contributed by atoms with Crippen molar-refractivity contribution in [2.45, 2.75) is 0 Å². The van der Waals surface area contributed by atoms with Gasteiger partial charge in [-0.25, -0.2) is 15.0 Å². The highest BCUT2D eigenvalue weighted by atomic mass is 79.9. The van der Waals surface area contributed by atoms with E-state index in [1.807, 2.05) is 0 Å². The lowest BCUT2D eigenvalue weighted by molar-refractivity contribution is 0.0991. The van der Waals surface area contributed by atoms with Crippen LogP contribution in [0, 0.1) is 0 Å². The predicted molar refractivity (Wildman–Crippen MR) is 128 cm³/mol. The standard InChI is InChI=1S/C23H19BrN6O5/c1-32-16-4-2-3-5-17(16)35-19-18(20(25)31)29-21(14-6-8-26-9-7-14)30-22(19)33-10-11-34-23-27-12-15(24)13-28-23/h2-9,12-13H,10-11H2,1H3,(H2,25,31). The van der Waals surface area contributed by atoms with Crippen molar-refractivity contribution in [3.05, 3.63) is 71.4 Å². The summed E-state index contributed by atoms with van der Waals surface area (Å²) in [6.45, 7) is 0.128. The molecule has 2 N–H and O–H groups in total. The van der Waals surface area contributed by atoms with Gasteiger partial charge in [0, 0.05) is 30.4 Å². The maximum absolute atomic E-state index is 12.4. The Kier molecular flexibility index (Phi) is 7.63. The van der Waals surface area contributed by atoms with Gasteiger partial charge >= 0.3 is 6.01 Å². The molecule has 35 heavy (non-hydrogen) atoms. The first-order chi connectivity index (χ1) is 17.0. The van der Waals surface area contributed by atoms with Crippen molar-refractivity contribution in [2.24, 2.45) is 5.73 Å². The molecule has 0 saturated carbocycles. The minimum Gasteiger partial charge on any atom is -0.493 e. The SMILES string of the molecule is COc1ccccc1Oc1c(OCCOc2ncc(Br)cn2)nc(-c2ccncc2)nc1C(N)=O. The number of carbonyl (C=O) groups is 1. The number of aromatic nitrogens is 5. The molecule has 3 heterocycles. The van der Waals surface area contributed by atoms with Crippen molar-refractivity contribution in [3.63, 3.8) is 0 Å². The second-order valence-corrected chi connectivity index (χ2v) is 7.68. The number of nitrogens with two attached hydrogens (primary N) is 1. The molecule has 1 amide bonds. The zero-order chi connectivity index (χ0) is 24.6. The molecule has 0 aliphatic rings. The van der Waals surface area contributed by atoms with E-state index in [9.17, 15) is 4.79 Å². The molecule has 4 rings (SSSR count). The fraction of sp³-hybridized carbons (Fsp3) is 0.130. The van der Waals surface area contributed by atoms with Crippen LogP contribution in [0.1, 0.15) is 10.5 Å². The molecule has 12 heteroatoms. The number of halogens is 1. The van der Waals surface area contributed by atoms with Crippen molar-refractivity contribution in [1.82, 2.24) is 24.9 Å². The van der Waals surface area contributed by atoms with Gasteiger partial charge in [0.1, 0.15) is 13.2 Å². The molecule has 0 unspecified atom stereocenters. The fourth-order valence-corrected chi connectivity index (χ4v) is 3.08. The van der Waals surface area contributed by atoms with Crippen LogP contribution >= 0.6 is 15.9 Å². The smallest absolute Gasteiger partial charge is 0.316 e. The van der Waals surface area contributed by atoms with Gasteiger partial charge in [0.2, 0.25) is 5.75 Å². The lowest BCUT2D eigenvalue weighted by Crippen LogP contribution is -2.18. The predicted octanol–water partition coefficient (Wildman–Crippen LogP) is 3.45. The van der Waals surface area contributed by atoms with Crippen LogP contribution in [0.4, 0.5) is 0 Å². The number of benzene rings is 1. The van der Waals surface area contributed by atoms with Crippen LogP contribution in [0.5, 0.6) is 29.1 Å². The lowest BCUT2D eigenvalue weighted by Gasteiger charge is -2.16. The number of amides is 1. The highest BCUT2D eigenvalue weighted by molar-refractivity contribution is 9.10. The summed E-state index contributed by atoms with van der Waals surface area (Å²) in [5.41, 5.74) is 6.09. The van der Waals surface area contributed by atoms with Crippen LogP contribution in [-0.2, 0) is 0 Å². The molecular formula is C23H19BrN6O5. The van der Waals surface area contributed by atoms with Crippen molar-refractivity contribution in [2.75, 3.05) is 20.3 Å². The van der Waals surface area contributed by atoms with E-state index in [0.29, 0.717) is 17.1 Å². The normalized spacial score (nSPS) is 10.5. The van der Waals surface area contributed by atoms with Crippen LogP contribution in [0.2, 0.25) is 0 Å². The minimum absolute atomic E-state index is 0.00755. The Bertz CT molecular complexity index is 1310. The summed E-state index contributed by atoms with van der Waals surface area (Å²) in [6, 6.07) is 10.5. The number of methoxy groups -OCH3 is 1. The molecule has 4 aromatic rings. The first-order valence-electron chi connectivity index (χ1n) is 10.2. The molecule has 11 nitrogen and oxygen atoms in total. The summed E-state index contributed by atoms with van der Waals surface area (Å²) in [5.74, 6) is 0.0779. The largest absolute Gasteiger partial charge is 0.493 e. The molecule has 0 aliphatic heterocycles. The molecule has 178 valence electrons. The van der Waals surface area contributed by atoms with Gasteiger partial charge in [-0.05, 0) is 40.2 Å². The van der Waals surface area contributed by atoms with Crippen molar-refractivity contribution in [1.29, 1.82) is 0 Å². The van der Waals surface area contributed by atoms with Gasteiger partial charge in [0.25, 0.3) is 11.8 Å². The maximum Gasteiger partial charge on any atom is 0.316 e. The van der Waals surface area contributed by atoms with Gasteiger partial charge in [-0.1, -0.05) is 12.1 Å². The number of nitrogens with zero attached hydrogens (tertiary/aromatic N) is 5. The zero-order valence-corrected chi connectivity index (χ0v) is 20.0. The van der Waals surface area contributed by atoms with Crippen LogP contribution in [0.3, 0.4) is 0 Å². The van der Waals surface area contributed by atoms with E-state index < -0.39 is 5.91 Å². The monoisotopic (exact) mass is 538 g/mol. The Balaban J connectivity index is 1.66. The third-order valence-electron chi connectivity index (χ3n) is 4.44. The molecule has 0 spiro atoms. The number of hydrogen-bond acceptors (Lipinski definition) is 10. The average molecular weight is 539 g/mol. The van der Waals surface area contributed by atoms with Gasteiger partial charge in [-0.15, -0.1) is 0 Å². The van der Waals surface area contributed by atoms with Crippen LogP contribution in [0.25, 0.3) is 11.4 Å². The third kappa shape index (κ3) is 5.98. The minimum atomic E-state index is -0.822. The Labute approximate surface area is 208 Å². The van der Waals surface area contributed by atoms with Crippen LogP contribution < -0.4 is 24.7 Å². The zero-order valence-electron chi connectivity index (χ0n) is 18.4. The molecule has 3 aromatic heterocycles. The molecular weight excluding hydrogens is 520 g/mol. The van der Waals surface area contributed by atoms with E-state index in [0.717, 1.165) is 4.47 Å². The summed E-state index contributed by atoms with van der Waals surface area (Å²) in [4.78, 5) is 33.2.